The van der Waals surface area contributed by atoms with Gasteiger partial charge in [-0.1, -0.05) is 23.9 Å². The summed E-state index contributed by atoms with van der Waals surface area (Å²) in [4.78, 5) is 16.4. The Balaban J connectivity index is 2.00. The van der Waals surface area contributed by atoms with Gasteiger partial charge in [-0.15, -0.1) is 5.10 Å². The van der Waals surface area contributed by atoms with Gasteiger partial charge in [-0.2, -0.15) is 0 Å². The second-order valence-corrected chi connectivity index (χ2v) is 5.69. The van der Waals surface area contributed by atoms with E-state index >= 15 is 0 Å². The molecule has 6 nitrogen and oxygen atoms in total. The Morgan fingerprint density at radius 2 is 2.24 bits per heavy atom. The first-order chi connectivity index (χ1) is 10.1. The Hall–Kier alpha value is -2.02. The maximum Gasteiger partial charge on any atom is 0.237 e. The van der Waals surface area contributed by atoms with Crippen molar-refractivity contribution in [2.24, 2.45) is 0 Å². The lowest BCUT2D eigenvalue weighted by molar-refractivity contribution is -0.115. The summed E-state index contributed by atoms with van der Waals surface area (Å²) in [5.74, 6) is 1.28. The summed E-state index contributed by atoms with van der Waals surface area (Å²) in [6, 6.07) is 7.37. The van der Waals surface area contributed by atoms with Gasteiger partial charge in [0, 0.05) is 0 Å². The van der Waals surface area contributed by atoms with Crippen LogP contribution >= 0.6 is 11.8 Å². The summed E-state index contributed by atoms with van der Waals surface area (Å²) in [6.07, 6.45) is 0. The van der Waals surface area contributed by atoms with Crippen LogP contribution in [0.2, 0.25) is 0 Å². The highest BCUT2D eigenvalue weighted by atomic mass is 32.2. The van der Waals surface area contributed by atoms with Crippen LogP contribution in [0.3, 0.4) is 0 Å². The fourth-order valence-electron chi connectivity index (χ4n) is 1.67. The number of nitrogens with zero attached hydrogens (tertiary/aromatic N) is 2. The number of anilines is 1. The van der Waals surface area contributed by atoms with E-state index < -0.39 is 0 Å². The number of hydrogen-bond donors (Lipinski definition) is 2. The summed E-state index contributed by atoms with van der Waals surface area (Å²) in [5.41, 5.74) is 0.669. The lowest BCUT2D eigenvalue weighted by atomic mass is 10.3. The molecule has 2 aromatic rings. The number of carbonyl (C=O) groups excluding carboxylic acids is 1. The van der Waals surface area contributed by atoms with Crippen LogP contribution in [0.25, 0.3) is 0 Å². The van der Waals surface area contributed by atoms with Crippen molar-refractivity contribution >= 4 is 23.4 Å². The van der Waals surface area contributed by atoms with E-state index in [9.17, 15) is 4.79 Å². The van der Waals surface area contributed by atoms with Crippen molar-refractivity contribution in [1.82, 2.24) is 15.2 Å². The first kappa shape index (κ1) is 15.4. The van der Waals surface area contributed by atoms with Crippen molar-refractivity contribution in [3.05, 3.63) is 30.1 Å². The van der Waals surface area contributed by atoms with Crippen molar-refractivity contribution in [1.29, 1.82) is 0 Å². The van der Waals surface area contributed by atoms with Gasteiger partial charge in [0.15, 0.2) is 0 Å². The van der Waals surface area contributed by atoms with Crippen molar-refractivity contribution in [3.8, 4) is 5.75 Å². The Bertz CT molecular complexity index is 615. The Kier molecular flexibility index (Phi) is 5.21. The number of carbonyl (C=O) groups is 1. The molecule has 1 atom stereocenters. The Labute approximate surface area is 127 Å². The normalized spacial score (nSPS) is 12.0. The number of H-pyrrole nitrogens is 1. The largest absolute Gasteiger partial charge is 0.492 e. The second-order valence-electron chi connectivity index (χ2n) is 4.38. The minimum absolute atomic E-state index is 0.116. The molecule has 1 heterocycles. The SMILES string of the molecule is CCOc1ccccc1NC(=O)C(C)Sc1n[nH]c(C)n1. The molecule has 1 aromatic heterocycles. The summed E-state index contributed by atoms with van der Waals surface area (Å²) >= 11 is 1.30. The number of aromatic nitrogens is 3. The fraction of sp³-hybridized carbons (Fsp3) is 0.357. The zero-order valence-electron chi connectivity index (χ0n) is 12.2. The van der Waals surface area contributed by atoms with Crippen LogP contribution in [0.4, 0.5) is 5.69 Å². The molecule has 1 amide bonds. The van der Waals surface area contributed by atoms with E-state index in [2.05, 4.69) is 20.5 Å². The molecule has 0 saturated heterocycles. The Morgan fingerprint density at radius 3 is 2.90 bits per heavy atom. The van der Waals surface area contributed by atoms with Gasteiger partial charge in [-0.05, 0) is 32.9 Å². The monoisotopic (exact) mass is 306 g/mol. The average Bonchev–Trinajstić information content (AvgIpc) is 2.86. The van der Waals surface area contributed by atoms with Crippen LogP contribution in [0.1, 0.15) is 19.7 Å². The molecule has 1 unspecified atom stereocenters. The smallest absolute Gasteiger partial charge is 0.237 e. The number of aromatic amines is 1. The lowest BCUT2D eigenvalue weighted by Gasteiger charge is -2.13. The van der Waals surface area contributed by atoms with Crippen LogP contribution in [0.15, 0.2) is 29.4 Å². The number of thioether (sulfide) groups is 1. The minimum Gasteiger partial charge on any atom is -0.492 e. The van der Waals surface area contributed by atoms with Crippen LogP contribution in [-0.4, -0.2) is 32.9 Å². The van der Waals surface area contributed by atoms with Gasteiger partial charge >= 0.3 is 0 Å². The van der Waals surface area contributed by atoms with Crippen LogP contribution in [-0.2, 0) is 4.79 Å². The highest BCUT2D eigenvalue weighted by Gasteiger charge is 2.18. The number of amides is 1. The first-order valence-corrected chi connectivity index (χ1v) is 7.56. The molecule has 21 heavy (non-hydrogen) atoms. The summed E-state index contributed by atoms with van der Waals surface area (Å²) in [6.45, 7) is 6.09. The predicted molar refractivity (Wildman–Crippen MR) is 82.7 cm³/mol. The highest BCUT2D eigenvalue weighted by molar-refractivity contribution is 8.00. The first-order valence-electron chi connectivity index (χ1n) is 6.68. The van der Waals surface area contributed by atoms with Crippen molar-refractivity contribution < 1.29 is 9.53 Å². The quantitative estimate of drug-likeness (QED) is 0.802. The van der Waals surface area contributed by atoms with E-state index in [0.717, 1.165) is 5.82 Å². The molecule has 2 N–H and O–H groups in total. The number of para-hydroxylation sites is 2. The molecule has 0 aliphatic heterocycles. The van der Waals surface area contributed by atoms with Crippen molar-refractivity contribution in [3.63, 3.8) is 0 Å². The van der Waals surface area contributed by atoms with E-state index in [4.69, 9.17) is 4.74 Å². The molecule has 0 bridgehead atoms. The number of rotatable bonds is 6. The molecule has 0 fully saturated rings. The molecule has 7 heteroatoms. The molecule has 0 aliphatic rings. The number of benzene rings is 1. The third kappa shape index (κ3) is 4.22. The molecule has 0 aliphatic carbocycles. The number of hydrogen-bond acceptors (Lipinski definition) is 5. The maximum atomic E-state index is 12.2. The van der Waals surface area contributed by atoms with Gasteiger partial charge in [0.1, 0.15) is 11.6 Å². The lowest BCUT2D eigenvalue weighted by Crippen LogP contribution is -2.22. The van der Waals surface area contributed by atoms with Gasteiger partial charge in [0.25, 0.3) is 0 Å². The fourth-order valence-corrected chi connectivity index (χ4v) is 2.44. The van der Waals surface area contributed by atoms with E-state index in [1.165, 1.54) is 11.8 Å². The van der Waals surface area contributed by atoms with Crippen LogP contribution in [0, 0.1) is 6.92 Å². The van der Waals surface area contributed by atoms with Crippen LogP contribution in [0.5, 0.6) is 5.75 Å². The molecule has 0 radical (unpaired) electrons. The summed E-state index contributed by atoms with van der Waals surface area (Å²) in [5, 5.41) is 9.89. The number of ether oxygens (including phenoxy) is 1. The molecule has 0 spiro atoms. The average molecular weight is 306 g/mol. The molecule has 112 valence electrons. The molecular weight excluding hydrogens is 288 g/mol. The van der Waals surface area contributed by atoms with Gasteiger partial charge < -0.3 is 10.1 Å². The molecule has 0 saturated carbocycles. The molecule has 2 rings (SSSR count). The summed E-state index contributed by atoms with van der Waals surface area (Å²) < 4.78 is 5.49. The van der Waals surface area contributed by atoms with Crippen molar-refractivity contribution in [2.45, 2.75) is 31.2 Å². The highest BCUT2D eigenvalue weighted by Crippen LogP contribution is 2.26. The van der Waals surface area contributed by atoms with E-state index in [1.54, 1.807) is 0 Å². The minimum atomic E-state index is -0.310. The second kappa shape index (κ2) is 7.12. The van der Waals surface area contributed by atoms with E-state index in [0.29, 0.717) is 23.2 Å². The summed E-state index contributed by atoms with van der Waals surface area (Å²) in [7, 11) is 0. The van der Waals surface area contributed by atoms with Crippen molar-refractivity contribution in [2.75, 3.05) is 11.9 Å². The number of aryl methyl sites for hydroxylation is 1. The Morgan fingerprint density at radius 1 is 1.48 bits per heavy atom. The van der Waals surface area contributed by atoms with Crippen LogP contribution < -0.4 is 10.1 Å². The van der Waals surface area contributed by atoms with Gasteiger partial charge in [-0.25, -0.2) is 4.98 Å². The zero-order valence-corrected chi connectivity index (χ0v) is 13.0. The zero-order chi connectivity index (χ0) is 15.2. The van der Waals surface area contributed by atoms with E-state index in [-0.39, 0.29) is 11.2 Å². The third-order valence-electron chi connectivity index (χ3n) is 2.67. The molecule has 1 aromatic carbocycles. The van der Waals surface area contributed by atoms with Gasteiger partial charge in [-0.3, -0.25) is 9.89 Å². The van der Waals surface area contributed by atoms with Gasteiger partial charge in [0.05, 0.1) is 17.5 Å². The maximum absolute atomic E-state index is 12.2. The van der Waals surface area contributed by atoms with Gasteiger partial charge in [0.2, 0.25) is 11.1 Å². The topological polar surface area (TPSA) is 79.9 Å². The standard InChI is InChI=1S/C14H18N4O2S/c1-4-20-12-8-6-5-7-11(12)16-13(19)9(2)21-14-15-10(3)17-18-14/h5-9H,4H2,1-3H3,(H,16,19)(H,15,17,18). The predicted octanol–water partition coefficient (Wildman–Crippen LogP) is 2.63. The number of nitrogens with one attached hydrogen (secondary N) is 2. The molecular formula is C14H18N4O2S. The third-order valence-corrected chi connectivity index (χ3v) is 3.63. The van der Waals surface area contributed by atoms with E-state index in [1.807, 2.05) is 45.0 Å².